The van der Waals surface area contributed by atoms with Crippen molar-refractivity contribution in [1.82, 2.24) is 4.90 Å². The zero-order chi connectivity index (χ0) is 11.1. The van der Waals surface area contributed by atoms with Crippen LogP contribution in [0.15, 0.2) is 0 Å². The van der Waals surface area contributed by atoms with Crippen molar-refractivity contribution in [1.29, 1.82) is 0 Å². The lowest BCUT2D eigenvalue weighted by Crippen LogP contribution is -2.44. The third-order valence-corrected chi connectivity index (χ3v) is 2.05. The molecule has 0 aliphatic carbocycles. The molecule has 0 spiro atoms. The van der Waals surface area contributed by atoms with Crippen LogP contribution in [0.25, 0.3) is 0 Å². The number of hydrogen-bond donors (Lipinski definition) is 2. The standard InChI is InChI=1S/C9H18N2O3/c1-3-7(10)9(14)11(4-2)6-5-8(12)13/h7H,3-6,10H2,1-2H3,(H,12,13). The van der Waals surface area contributed by atoms with E-state index < -0.39 is 12.0 Å². The van der Waals surface area contributed by atoms with E-state index in [2.05, 4.69) is 0 Å². The van der Waals surface area contributed by atoms with E-state index >= 15 is 0 Å². The van der Waals surface area contributed by atoms with Crippen molar-refractivity contribution in [2.24, 2.45) is 5.73 Å². The summed E-state index contributed by atoms with van der Waals surface area (Å²) in [6.45, 7) is 4.37. The van der Waals surface area contributed by atoms with Crippen LogP contribution in [0, 0.1) is 0 Å². The van der Waals surface area contributed by atoms with Gasteiger partial charge in [-0.1, -0.05) is 6.92 Å². The number of likely N-dealkylation sites (N-methyl/N-ethyl adjacent to an activating group) is 1. The largest absolute Gasteiger partial charge is 0.481 e. The van der Waals surface area contributed by atoms with Crippen LogP contribution >= 0.6 is 0 Å². The topological polar surface area (TPSA) is 83.6 Å². The predicted molar refractivity (Wildman–Crippen MR) is 52.8 cm³/mol. The Labute approximate surface area is 83.9 Å². The number of aliphatic carboxylic acids is 1. The maximum atomic E-state index is 11.5. The molecule has 5 heteroatoms. The Hall–Kier alpha value is -1.10. The highest BCUT2D eigenvalue weighted by Crippen LogP contribution is 1.98. The third-order valence-electron chi connectivity index (χ3n) is 2.05. The van der Waals surface area contributed by atoms with Gasteiger partial charge in [-0.15, -0.1) is 0 Å². The van der Waals surface area contributed by atoms with Gasteiger partial charge in [0.15, 0.2) is 0 Å². The lowest BCUT2D eigenvalue weighted by molar-refractivity contribution is -0.138. The van der Waals surface area contributed by atoms with Crippen LogP contribution in [0.3, 0.4) is 0 Å². The summed E-state index contributed by atoms with van der Waals surface area (Å²) in [6.07, 6.45) is 0.540. The molecule has 0 aliphatic rings. The molecule has 5 nitrogen and oxygen atoms in total. The summed E-state index contributed by atoms with van der Waals surface area (Å²) in [7, 11) is 0. The lowest BCUT2D eigenvalue weighted by Gasteiger charge is -2.22. The zero-order valence-corrected chi connectivity index (χ0v) is 8.69. The first-order valence-electron chi connectivity index (χ1n) is 4.79. The first-order valence-corrected chi connectivity index (χ1v) is 4.79. The quantitative estimate of drug-likeness (QED) is 0.637. The zero-order valence-electron chi connectivity index (χ0n) is 8.69. The molecule has 0 saturated heterocycles. The number of nitrogens with zero attached hydrogens (tertiary/aromatic N) is 1. The molecule has 0 aromatic rings. The molecule has 0 radical (unpaired) electrons. The maximum absolute atomic E-state index is 11.5. The average Bonchev–Trinajstić information content (AvgIpc) is 2.16. The molecular formula is C9H18N2O3. The van der Waals surface area contributed by atoms with Gasteiger partial charge in [0, 0.05) is 13.1 Å². The SMILES string of the molecule is CCC(N)C(=O)N(CC)CCC(=O)O. The van der Waals surface area contributed by atoms with E-state index in [9.17, 15) is 9.59 Å². The number of hydrogen-bond acceptors (Lipinski definition) is 3. The molecule has 0 bridgehead atoms. The summed E-state index contributed by atoms with van der Waals surface area (Å²) < 4.78 is 0. The van der Waals surface area contributed by atoms with Gasteiger partial charge in [-0.2, -0.15) is 0 Å². The molecule has 0 aliphatic heterocycles. The van der Waals surface area contributed by atoms with Crippen molar-refractivity contribution < 1.29 is 14.7 Å². The summed E-state index contributed by atoms with van der Waals surface area (Å²) >= 11 is 0. The second-order valence-electron chi connectivity index (χ2n) is 3.08. The first-order chi connectivity index (χ1) is 6.52. The lowest BCUT2D eigenvalue weighted by atomic mass is 10.2. The van der Waals surface area contributed by atoms with E-state index in [4.69, 9.17) is 10.8 Å². The molecule has 0 fully saturated rings. The number of carboxylic acid groups (broad SMARTS) is 1. The van der Waals surface area contributed by atoms with Crippen LogP contribution in [0.1, 0.15) is 26.7 Å². The van der Waals surface area contributed by atoms with Crippen LogP contribution in [0.2, 0.25) is 0 Å². The summed E-state index contributed by atoms with van der Waals surface area (Å²) in [5.74, 6) is -1.07. The van der Waals surface area contributed by atoms with Crippen molar-refractivity contribution in [2.45, 2.75) is 32.7 Å². The molecule has 1 atom stereocenters. The van der Waals surface area contributed by atoms with E-state index in [0.717, 1.165) is 0 Å². The summed E-state index contributed by atoms with van der Waals surface area (Å²) in [4.78, 5) is 23.3. The Kier molecular flexibility index (Phi) is 5.87. The van der Waals surface area contributed by atoms with Crippen LogP contribution in [0.5, 0.6) is 0 Å². The maximum Gasteiger partial charge on any atom is 0.305 e. The fourth-order valence-corrected chi connectivity index (χ4v) is 1.06. The molecule has 82 valence electrons. The third kappa shape index (κ3) is 4.23. The number of carbonyl (C=O) groups is 2. The van der Waals surface area contributed by atoms with Gasteiger partial charge in [0.1, 0.15) is 0 Å². The second kappa shape index (κ2) is 6.37. The van der Waals surface area contributed by atoms with Gasteiger partial charge in [-0.3, -0.25) is 9.59 Å². The highest BCUT2D eigenvalue weighted by molar-refractivity contribution is 5.82. The molecule has 0 aromatic heterocycles. The Morgan fingerprint density at radius 2 is 2.00 bits per heavy atom. The van der Waals surface area contributed by atoms with E-state index in [1.807, 2.05) is 13.8 Å². The van der Waals surface area contributed by atoms with Gasteiger partial charge in [0.2, 0.25) is 5.91 Å². The Morgan fingerprint density at radius 3 is 2.36 bits per heavy atom. The smallest absolute Gasteiger partial charge is 0.305 e. The van der Waals surface area contributed by atoms with Gasteiger partial charge in [-0.25, -0.2) is 0 Å². The highest BCUT2D eigenvalue weighted by atomic mass is 16.4. The fourth-order valence-electron chi connectivity index (χ4n) is 1.06. The minimum Gasteiger partial charge on any atom is -0.481 e. The van der Waals surface area contributed by atoms with E-state index in [1.54, 1.807) is 0 Å². The summed E-state index contributed by atoms with van der Waals surface area (Å²) in [5, 5.41) is 8.47. The van der Waals surface area contributed by atoms with Crippen LogP contribution in [-0.2, 0) is 9.59 Å². The van der Waals surface area contributed by atoms with Gasteiger partial charge >= 0.3 is 5.97 Å². The van der Waals surface area contributed by atoms with Crippen molar-refractivity contribution in [2.75, 3.05) is 13.1 Å². The molecule has 0 rings (SSSR count). The van der Waals surface area contributed by atoms with Crippen LogP contribution in [0.4, 0.5) is 0 Å². The molecule has 14 heavy (non-hydrogen) atoms. The molecule has 1 amide bonds. The van der Waals surface area contributed by atoms with E-state index in [-0.39, 0.29) is 18.9 Å². The molecule has 0 saturated carbocycles. The Morgan fingerprint density at radius 1 is 1.43 bits per heavy atom. The van der Waals surface area contributed by atoms with Crippen molar-refractivity contribution in [3.8, 4) is 0 Å². The van der Waals surface area contributed by atoms with Gasteiger partial charge < -0.3 is 15.7 Å². The molecule has 3 N–H and O–H groups in total. The summed E-state index contributed by atoms with van der Waals surface area (Å²) in [6, 6.07) is -0.510. The first kappa shape index (κ1) is 12.9. The molecule has 0 heterocycles. The van der Waals surface area contributed by atoms with Gasteiger partial charge in [0.25, 0.3) is 0 Å². The van der Waals surface area contributed by atoms with Crippen molar-refractivity contribution >= 4 is 11.9 Å². The number of nitrogens with two attached hydrogens (primary N) is 1. The van der Waals surface area contributed by atoms with E-state index in [1.165, 1.54) is 4.90 Å². The average molecular weight is 202 g/mol. The van der Waals surface area contributed by atoms with E-state index in [0.29, 0.717) is 13.0 Å². The van der Waals surface area contributed by atoms with Gasteiger partial charge in [-0.05, 0) is 13.3 Å². The monoisotopic (exact) mass is 202 g/mol. The molecule has 1 unspecified atom stereocenters. The number of amides is 1. The number of carbonyl (C=O) groups excluding carboxylic acids is 1. The van der Waals surface area contributed by atoms with Crippen molar-refractivity contribution in [3.63, 3.8) is 0 Å². The summed E-state index contributed by atoms with van der Waals surface area (Å²) in [5.41, 5.74) is 5.56. The Bertz CT molecular complexity index is 206. The van der Waals surface area contributed by atoms with Crippen LogP contribution < -0.4 is 5.73 Å². The number of carboxylic acids is 1. The number of rotatable bonds is 6. The minimum absolute atomic E-state index is 0.0317. The molecule has 0 aromatic carbocycles. The fraction of sp³-hybridized carbons (Fsp3) is 0.778. The normalized spacial score (nSPS) is 12.2. The highest BCUT2D eigenvalue weighted by Gasteiger charge is 2.18. The predicted octanol–water partition coefficient (Wildman–Crippen LogP) is 0.0469. The second-order valence-corrected chi connectivity index (χ2v) is 3.08. The minimum atomic E-state index is -0.902. The van der Waals surface area contributed by atoms with Crippen LogP contribution in [-0.4, -0.2) is 41.0 Å². The molecular weight excluding hydrogens is 184 g/mol. The Balaban J connectivity index is 4.12. The van der Waals surface area contributed by atoms with Crippen molar-refractivity contribution in [3.05, 3.63) is 0 Å². The van der Waals surface area contributed by atoms with Gasteiger partial charge in [0.05, 0.1) is 12.5 Å².